The minimum atomic E-state index is -0.800. The van der Waals surface area contributed by atoms with Gasteiger partial charge in [-0.3, -0.25) is 14.3 Å². The number of hydrogen-bond acceptors (Lipinski definition) is 3. The second-order valence-electron chi connectivity index (χ2n) is 8.74. The van der Waals surface area contributed by atoms with Crippen molar-refractivity contribution in [2.24, 2.45) is 7.05 Å². The van der Waals surface area contributed by atoms with Crippen LogP contribution in [-0.4, -0.2) is 38.6 Å². The highest BCUT2D eigenvalue weighted by molar-refractivity contribution is 6.03. The van der Waals surface area contributed by atoms with Gasteiger partial charge in [0.1, 0.15) is 11.4 Å². The van der Waals surface area contributed by atoms with Crippen molar-refractivity contribution in [1.82, 2.24) is 14.7 Å². The molecule has 2 aromatic rings. The Morgan fingerprint density at radius 3 is 2.43 bits per heavy atom. The SMILES string of the molecule is Cn1nc(C2CC2)cc1NC(=O)C1(C)CCN1C(=O)C1(c2ccccc2)CC1. The highest BCUT2D eigenvalue weighted by Crippen LogP contribution is 2.52. The minimum absolute atomic E-state index is 0.0891. The first-order chi connectivity index (χ1) is 13.4. The molecule has 0 bridgehead atoms. The molecule has 3 fully saturated rings. The van der Waals surface area contributed by atoms with Crippen LogP contribution in [0.2, 0.25) is 0 Å². The van der Waals surface area contributed by atoms with Gasteiger partial charge in [-0.2, -0.15) is 5.10 Å². The van der Waals surface area contributed by atoms with Gasteiger partial charge < -0.3 is 10.2 Å². The number of likely N-dealkylation sites (tertiary alicyclic amines) is 1. The number of aryl methyl sites for hydroxylation is 1. The topological polar surface area (TPSA) is 67.2 Å². The van der Waals surface area contributed by atoms with Gasteiger partial charge in [-0.05, 0) is 44.6 Å². The average molecular weight is 378 g/mol. The highest BCUT2D eigenvalue weighted by atomic mass is 16.2. The zero-order valence-electron chi connectivity index (χ0n) is 16.4. The molecule has 2 amide bonds. The lowest BCUT2D eigenvalue weighted by Crippen LogP contribution is -2.67. The van der Waals surface area contributed by atoms with Crippen molar-refractivity contribution < 1.29 is 9.59 Å². The minimum Gasteiger partial charge on any atom is -0.327 e. The highest BCUT2D eigenvalue weighted by Gasteiger charge is 2.59. The molecule has 1 aliphatic heterocycles. The summed E-state index contributed by atoms with van der Waals surface area (Å²) in [5.41, 5.74) is 0.876. The van der Waals surface area contributed by atoms with Crippen LogP contribution in [0.1, 0.15) is 56.2 Å². The average Bonchev–Trinajstić information content (AvgIpc) is 3.60. The summed E-state index contributed by atoms with van der Waals surface area (Å²) in [6, 6.07) is 11.9. The Bertz CT molecular complexity index is 943. The summed E-state index contributed by atoms with van der Waals surface area (Å²) in [6.45, 7) is 2.51. The molecule has 1 saturated heterocycles. The fraction of sp³-hybridized carbons (Fsp3) is 0.500. The largest absolute Gasteiger partial charge is 0.327 e. The van der Waals surface area contributed by atoms with E-state index in [-0.39, 0.29) is 11.8 Å². The number of amides is 2. The van der Waals surface area contributed by atoms with Gasteiger partial charge in [-0.1, -0.05) is 30.3 Å². The van der Waals surface area contributed by atoms with E-state index in [0.717, 1.165) is 24.1 Å². The van der Waals surface area contributed by atoms with Crippen LogP contribution in [0.4, 0.5) is 5.82 Å². The lowest BCUT2D eigenvalue weighted by atomic mass is 9.82. The molecule has 0 radical (unpaired) electrons. The molecule has 2 aliphatic carbocycles. The van der Waals surface area contributed by atoms with E-state index in [0.29, 0.717) is 24.7 Å². The second-order valence-corrected chi connectivity index (χ2v) is 8.74. The van der Waals surface area contributed by atoms with Gasteiger partial charge in [-0.25, -0.2) is 0 Å². The molecule has 6 heteroatoms. The number of nitrogens with zero attached hydrogens (tertiary/aromatic N) is 3. The van der Waals surface area contributed by atoms with Crippen LogP contribution in [0.5, 0.6) is 0 Å². The summed E-state index contributed by atoms with van der Waals surface area (Å²) in [5.74, 6) is 1.21. The molecular weight excluding hydrogens is 352 g/mol. The Balaban J connectivity index is 1.34. The molecule has 0 spiro atoms. The maximum Gasteiger partial charge on any atom is 0.251 e. The first kappa shape index (κ1) is 17.5. The summed E-state index contributed by atoms with van der Waals surface area (Å²) < 4.78 is 1.73. The van der Waals surface area contributed by atoms with Gasteiger partial charge in [0, 0.05) is 25.6 Å². The fourth-order valence-corrected chi connectivity index (χ4v) is 4.32. The lowest BCUT2D eigenvalue weighted by Gasteiger charge is -2.50. The van der Waals surface area contributed by atoms with Gasteiger partial charge in [-0.15, -0.1) is 0 Å². The van der Waals surface area contributed by atoms with Crippen molar-refractivity contribution in [3.63, 3.8) is 0 Å². The number of hydrogen-bond donors (Lipinski definition) is 1. The van der Waals surface area contributed by atoms with Crippen molar-refractivity contribution in [1.29, 1.82) is 0 Å². The lowest BCUT2D eigenvalue weighted by molar-refractivity contribution is -0.156. The van der Waals surface area contributed by atoms with E-state index >= 15 is 0 Å². The number of nitrogens with one attached hydrogen (secondary N) is 1. The van der Waals surface area contributed by atoms with Crippen molar-refractivity contribution in [2.45, 2.75) is 55.9 Å². The monoisotopic (exact) mass is 378 g/mol. The molecule has 28 heavy (non-hydrogen) atoms. The zero-order chi connectivity index (χ0) is 19.5. The van der Waals surface area contributed by atoms with Crippen LogP contribution in [0.15, 0.2) is 36.4 Å². The van der Waals surface area contributed by atoms with Crippen LogP contribution in [0.3, 0.4) is 0 Å². The summed E-state index contributed by atoms with van der Waals surface area (Å²) in [5, 5.41) is 7.54. The smallest absolute Gasteiger partial charge is 0.251 e. The van der Waals surface area contributed by atoms with Gasteiger partial charge in [0.2, 0.25) is 5.91 Å². The van der Waals surface area contributed by atoms with Gasteiger partial charge in [0.05, 0.1) is 11.1 Å². The summed E-state index contributed by atoms with van der Waals surface area (Å²) >= 11 is 0. The Hall–Kier alpha value is -2.63. The molecule has 1 atom stereocenters. The molecule has 3 aliphatic rings. The second kappa shape index (κ2) is 5.93. The van der Waals surface area contributed by atoms with Gasteiger partial charge in [0.25, 0.3) is 5.91 Å². The van der Waals surface area contributed by atoms with Gasteiger partial charge >= 0.3 is 0 Å². The summed E-state index contributed by atoms with van der Waals surface area (Å²) in [4.78, 5) is 28.3. The third-order valence-corrected chi connectivity index (χ3v) is 6.77. The quantitative estimate of drug-likeness (QED) is 0.870. The first-order valence-electron chi connectivity index (χ1n) is 10.2. The number of carbonyl (C=O) groups is 2. The molecule has 1 unspecified atom stereocenters. The fourth-order valence-electron chi connectivity index (χ4n) is 4.32. The van der Waals surface area contributed by atoms with E-state index in [1.54, 1.807) is 9.58 Å². The van der Waals surface area contributed by atoms with Crippen molar-refractivity contribution in [2.75, 3.05) is 11.9 Å². The first-order valence-corrected chi connectivity index (χ1v) is 10.2. The van der Waals surface area contributed by atoms with E-state index in [2.05, 4.69) is 10.4 Å². The molecule has 6 nitrogen and oxygen atoms in total. The molecule has 1 aromatic heterocycles. The predicted octanol–water partition coefficient (Wildman–Crippen LogP) is 2.96. The number of benzene rings is 1. The van der Waals surface area contributed by atoms with Crippen molar-refractivity contribution >= 4 is 17.6 Å². The number of rotatable bonds is 5. The van der Waals surface area contributed by atoms with Crippen LogP contribution < -0.4 is 5.32 Å². The van der Waals surface area contributed by atoms with E-state index in [9.17, 15) is 9.59 Å². The molecule has 146 valence electrons. The van der Waals surface area contributed by atoms with Crippen LogP contribution in [-0.2, 0) is 22.1 Å². The van der Waals surface area contributed by atoms with Crippen LogP contribution >= 0.6 is 0 Å². The van der Waals surface area contributed by atoms with Crippen LogP contribution in [0.25, 0.3) is 0 Å². The van der Waals surface area contributed by atoms with Crippen LogP contribution in [0, 0.1) is 0 Å². The van der Waals surface area contributed by atoms with E-state index < -0.39 is 11.0 Å². The van der Waals surface area contributed by atoms with Crippen molar-refractivity contribution in [3.05, 3.63) is 47.7 Å². The van der Waals surface area contributed by atoms with Crippen molar-refractivity contribution in [3.8, 4) is 0 Å². The predicted molar refractivity (Wildman–Crippen MR) is 106 cm³/mol. The molecule has 5 rings (SSSR count). The molecule has 2 saturated carbocycles. The maximum atomic E-state index is 13.4. The Morgan fingerprint density at radius 1 is 1.14 bits per heavy atom. The number of carbonyl (C=O) groups excluding carboxylic acids is 2. The third-order valence-electron chi connectivity index (χ3n) is 6.77. The molecule has 1 N–H and O–H groups in total. The molecule has 2 heterocycles. The summed E-state index contributed by atoms with van der Waals surface area (Å²) in [6.07, 6.45) is 4.74. The zero-order valence-corrected chi connectivity index (χ0v) is 16.4. The summed E-state index contributed by atoms with van der Waals surface area (Å²) in [7, 11) is 1.85. The third kappa shape index (κ3) is 2.58. The standard InChI is InChI=1S/C22H26N4O2/c1-21(19(27)23-18-14-17(15-8-9-15)24-25(18)2)12-13-26(21)20(28)22(10-11-22)16-6-4-3-5-7-16/h3-7,14-15H,8-13H2,1-2H3,(H,23,27). The van der Waals surface area contributed by atoms with E-state index in [1.165, 1.54) is 12.8 Å². The Kier molecular flexibility index (Phi) is 3.70. The Morgan fingerprint density at radius 2 is 1.86 bits per heavy atom. The van der Waals surface area contributed by atoms with E-state index in [1.807, 2.05) is 50.4 Å². The molecular formula is C22H26N4O2. The van der Waals surface area contributed by atoms with E-state index in [4.69, 9.17) is 0 Å². The number of aromatic nitrogens is 2. The van der Waals surface area contributed by atoms with Gasteiger partial charge in [0.15, 0.2) is 0 Å². The number of anilines is 1. The maximum absolute atomic E-state index is 13.4. The Labute approximate surface area is 164 Å². The normalized spacial score (nSPS) is 25.1. The molecule has 1 aromatic carbocycles.